The minimum atomic E-state index is 0.127. The summed E-state index contributed by atoms with van der Waals surface area (Å²) < 4.78 is 5.16. The number of hydrogen-bond acceptors (Lipinski definition) is 3. The molecule has 21 heavy (non-hydrogen) atoms. The third kappa shape index (κ3) is 3.69. The van der Waals surface area contributed by atoms with Gasteiger partial charge in [0.15, 0.2) is 11.5 Å². The molecule has 0 spiro atoms. The summed E-state index contributed by atoms with van der Waals surface area (Å²) in [6.07, 6.45) is 0. The fourth-order valence-electron chi connectivity index (χ4n) is 2.28. The molecule has 2 rings (SSSR count). The predicted octanol–water partition coefficient (Wildman–Crippen LogP) is 4.70. The van der Waals surface area contributed by atoms with E-state index in [4.69, 9.17) is 4.74 Å². The van der Waals surface area contributed by atoms with Crippen LogP contribution in [0.15, 0.2) is 42.5 Å². The Balaban J connectivity index is 2.17. The first-order valence-corrected chi connectivity index (χ1v) is 7.24. The second-order valence-corrected chi connectivity index (χ2v) is 5.58. The van der Waals surface area contributed by atoms with E-state index in [0.717, 1.165) is 11.3 Å². The van der Waals surface area contributed by atoms with Crippen LogP contribution in [0.5, 0.6) is 11.5 Å². The lowest BCUT2D eigenvalue weighted by atomic mass is 10.0. The number of anilines is 1. The van der Waals surface area contributed by atoms with Crippen molar-refractivity contribution in [3.63, 3.8) is 0 Å². The minimum absolute atomic E-state index is 0.127. The molecule has 0 aliphatic heterocycles. The first-order valence-electron chi connectivity index (χ1n) is 7.24. The van der Waals surface area contributed by atoms with Gasteiger partial charge in [0.05, 0.1) is 7.11 Å². The highest BCUT2D eigenvalue weighted by Crippen LogP contribution is 2.30. The summed E-state index contributed by atoms with van der Waals surface area (Å²) in [6.45, 7) is 6.47. The summed E-state index contributed by atoms with van der Waals surface area (Å²) in [7, 11) is 1.56. The highest BCUT2D eigenvalue weighted by Gasteiger charge is 2.10. The summed E-state index contributed by atoms with van der Waals surface area (Å²) in [4.78, 5) is 0. The molecule has 112 valence electrons. The van der Waals surface area contributed by atoms with Crippen LogP contribution in [0.4, 0.5) is 5.69 Å². The van der Waals surface area contributed by atoms with Crippen LogP contribution < -0.4 is 10.1 Å². The summed E-state index contributed by atoms with van der Waals surface area (Å²) in [5.74, 6) is 1.17. The van der Waals surface area contributed by atoms with Crippen molar-refractivity contribution in [3.05, 3.63) is 53.6 Å². The van der Waals surface area contributed by atoms with Gasteiger partial charge in [0.2, 0.25) is 0 Å². The number of benzene rings is 2. The van der Waals surface area contributed by atoms with Gasteiger partial charge in [-0.1, -0.05) is 32.0 Å². The first-order chi connectivity index (χ1) is 10.0. The second kappa shape index (κ2) is 6.53. The average molecular weight is 285 g/mol. The molecule has 0 saturated carbocycles. The minimum Gasteiger partial charge on any atom is -0.504 e. The summed E-state index contributed by atoms with van der Waals surface area (Å²) in [6, 6.07) is 14.0. The number of hydrogen-bond donors (Lipinski definition) is 2. The zero-order valence-corrected chi connectivity index (χ0v) is 13.1. The van der Waals surface area contributed by atoms with Crippen molar-refractivity contribution in [2.45, 2.75) is 32.7 Å². The third-order valence-electron chi connectivity index (χ3n) is 3.64. The zero-order chi connectivity index (χ0) is 15.4. The van der Waals surface area contributed by atoms with Gasteiger partial charge in [-0.3, -0.25) is 0 Å². The molecule has 0 heterocycles. The van der Waals surface area contributed by atoms with Crippen molar-refractivity contribution < 1.29 is 9.84 Å². The lowest BCUT2D eigenvalue weighted by molar-refractivity contribution is 0.373. The monoisotopic (exact) mass is 285 g/mol. The van der Waals surface area contributed by atoms with Gasteiger partial charge in [-0.25, -0.2) is 0 Å². The van der Waals surface area contributed by atoms with E-state index in [2.05, 4.69) is 50.4 Å². The lowest BCUT2D eigenvalue weighted by Crippen LogP contribution is -2.07. The molecule has 2 aromatic carbocycles. The Bertz CT molecular complexity index is 608. The fraction of sp³-hybridized carbons (Fsp3) is 0.333. The van der Waals surface area contributed by atoms with Crippen molar-refractivity contribution in [1.29, 1.82) is 0 Å². The Morgan fingerprint density at radius 2 is 1.76 bits per heavy atom. The number of ether oxygens (including phenoxy) is 1. The van der Waals surface area contributed by atoms with E-state index in [1.165, 1.54) is 5.56 Å². The summed E-state index contributed by atoms with van der Waals surface area (Å²) in [5, 5.41) is 13.1. The molecule has 0 aliphatic carbocycles. The molecular weight excluding hydrogens is 262 g/mol. The molecule has 3 heteroatoms. The second-order valence-electron chi connectivity index (χ2n) is 5.58. The number of phenolic OH excluding ortho intramolecular Hbond substituents is 1. The van der Waals surface area contributed by atoms with Crippen molar-refractivity contribution >= 4 is 5.69 Å². The molecule has 0 saturated heterocycles. The van der Waals surface area contributed by atoms with E-state index in [1.807, 2.05) is 12.1 Å². The fourth-order valence-corrected chi connectivity index (χ4v) is 2.28. The van der Waals surface area contributed by atoms with Crippen LogP contribution in [0.1, 0.15) is 43.9 Å². The van der Waals surface area contributed by atoms with Crippen LogP contribution in [0, 0.1) is 0 Å². The zero-order valence-electron chi connectivity index (χ0n) is 13.1. The Hall–Kier alpha value is -2.16. The molecule has 0 aliphatic rings. The van der Waals surface area contributed by atoms with Crippen LogP contribution in [0.3, 0.4) is 0 Å². The van der Waals surface area contributed by atoms with E-state index in [-0.39, 0.29) is 11.8 Å². The van der Waals surface area contributed by atoms with Crippen LogP contribution in [-0.2, 0) is 0 Å². The van der Waals surface area contributed by atoms with Crippen LogP contribution >= 0.6 is 0 Å². The Labute approximate surface area is 126 Å². The Kier molecular flexibility index (Phi) is 4.73. The lowest BCUT2D eigenvalue weighted by Gasteiger charge is -2.18. The largest absolute Gasteiger partial charge is 0.504 e. The number of rotatable bonds is 5. The van der Waals surface area contributed by atoms with Gasteiger partial charge in [0.1, 0.15) is 0 Å². The SMILES string of the molecule is COc1cc(C(C)Nc2cccc(C(C)C)c2)ccc1O. The van der Waals surface area contributed by atoms with Crippen LogP contribution in [0.2, 0.25) is 0 Å². The van der Waals surface area contributed by atoms with E-state index in [0.29, 0.717) is 11.7 Å². The first kappa shape index (κ1) is 15.2. The summed E-state index contributed by atoms with van der Waals surface area (Å²) in [5.41, 5.74) is 3.48. The molecule has 1 atom stereocenters. The van der Waals surface area contributed by atoms with Gasteiger partial charge in [-0.2, -0.15) is 0 Å². The van der Waals surface area contributed by atoms with Crippen molar-refractivity contribution in [3.8, 4) is 11.5 Å². The Morgan fingerprint density at radius 3 is 2.43 bits per heavy atom. The summed E-state index contributed by atoms with van der Waals surface area (Å²) >= 11 is 0. The molecule has 3 nitrogen and oxygen atoms in total. The number of phenols is 1. The molecule has 2 N–H and O–H groups in total. The van der Waals surface area contributed by atoms with Gasteiger partial charge in [0.25, 0.3) is 0 Å². The van der Waals surface area contributed by atoms with E-state index >= 15 is 0 Å². The average Bonchev–Trinajstić information content (AvgIpc) is 2.47. The predicted molar refractivity (Wildman–Crippen MR) is 87.2 cm³/mol. The van der Waals surface area contributed by atoms with Gasteiger partial charge in [-0.15, -0.1) is 0 Å². The van der Waals surface area contributed by atoms with Crippen molar-refractivity contribution in [2.24, 2.45) is 0 Å². The van der Waals surface area contributed by atoms with Crippen LogP contribution in [0.25, 0.3) is 0 Å². The van der Waals surface area contributed by atoms with Gasteiger partial charge in [-0.05, 0) is 48.2 Å². The number of aromatic hydroxyl groups is 1. The maximum Gasteiger partial charge on any atom is 0.160 e. The molecule has 2 aromatic rings. The third-order valence-corrected chi connectivity index (χ3v) is 3.64. The van der Waals surface area contributed by atoms with Gasteiger partial charge < -0.3 is 15.2 Å². The normalized spacial score (nSPS) is 12.2. The number of methoxy groups -OCH3 is 1. The molecular formula is C18H23NO2. The highest BCUT2D eigenvalue weighted by atomic mass is 16.5. The van der Waals surface area contributed by atoms with Gasteiger partial charge in [0, 0.05) is 11.7 Å². The molecule has 0 amide bonds. The molecule has 0 radical (unpaired) electrons. The standard InChI is InChI=1S/C18H23NO2/c1-12(2)14-6-5-7-16(10-14)19-13(3)15-8-9-17(20)18(11-15)21-4/h5-13,19-20H,1-4H3. The van der Waals surface area contributed by atoms with E-state index in [1.54, 1.807) is 13.2 Å². The Morgan fingerprint density at radius 1 is 1.00 bits per heavy atom. The van der Waals surface area contributed by atoms with Crippen molar-refractivity contribution in [2.75, 3.05) is 12.4 Å². The van der Waals surface area contributed by atoms with Gasteiger partial charge >= 0.3 is 0 Å². The molecule has 0 aromatic heterocycles. The highest BCUT2D eigenvalue weighted by molar-refractivity contribution is 5.50. The molecule has 0 fully saturated rings. The smallest absolute Gasteiger partial charge is 0.160 e. The van der Waals surface area contributed by atoms with Crippen molar-refractivity contribution in [1.82, 2.24) is 0 Å². The maximum absolute atomic E-state index is 9.66. The maximum atomic E-state index is 9.66. The van der Waals surface area contributed by atoms with E-state index in [9.17, 15) is 5.11 Å². The molecule has 1 unspecified atom stereocenters. The van der Waals surface area contributed by atoms with Crippen LogP contribution in [-0.4, -0.2) is 12.2 Å². The quantitative estimate of drug-likeness (QED) is 0.837. The number of nitrogens with one attached hydrogen (secondary N) is 1. The van der Waals surface area contributed by atoms with E-state index < -0.39 is 0 Å². The topological polar surface area (TPSA) is 41.5 Å². The molecule has 0 bridgehead atoms.